The van der Waals surface area contributed by atoms with Crippen molar-refractivity contribution in [1.82, 2.24) is 29.8 Å². The molecule has 1 aliphatic heterocycles. The van der Waals surface area contributed by atoms with E-state index in [0.29, 0.717) is 24.2 Å². The molecule has 3 atom stereocenters. The zero-order valence-electron chi connectivity index (χ0n) is 25.8. The highest BCUT2D eigenvalue weighted by Gasteiger charge is 2.40. The molecule has 0 unspecified atom stereocenters. The lowest BCUT2D eigenvalue weighted by Gasteiger charge is -2.32. The maximum Gasteiger partial charge on any atom is 0.354 e. The average molecular weight is 598 g/mol. The molecule has 0 bridgehead atoms. The molecule has 1 fully saturated rings. The number of rotatable bonds is 6. The first-order valence-corrected chi connectivity index (χ1v) is 15.1. The van der Waals surface area contributed by atoms with E-state index in [1.54, 1.807) is 6.07 Å². The van der Waals surface area contributed by atoms with Crippen LogP contribution in [0.3, 0.4) is 0 Å². The lowest BCUT2D eigenvalue weighted by atomic mass is 9.85. The predicted molar refractivity (Wildman–Crippen MR) is 166 cm³/mol. The Labute approximate surface area is 256 Å². The molecule has 1 aromatic carbocycles. The summed E-state index contributed by atoms with van der Waals surface area (Å²) in [5.74, 6) is 0.497. The average Bonchev–Trinajstić information content (AvgIpc) is 3.56. The summed E-state index contributed by atoms with van der Waals surface area (Å²) in [6.07, 6.45) is 5.29. The van der Waals surface area contributed by atoms with Crippen LogP contribution in [0.1, 0.15) is 98.7 Å². The second kappa shape index (κ2) is 11.2. The van der Waals surface area contributed by atoms with Crippen molar-refractivity contribution in [3.63, 3.8) is 0 Å². The van der Waals surface area contributed by atoms with Gasteiger partial charge in [0.1, 0.15) is 11.9 Å². The van der Waals surface area contributed by atoms with Crippen LogP contribution in [0.2, 0.25) is 0 Å². The zero-order valence-corrected chi connectivity index (χ0v) is 25.8. The van der Waals surface area contributed by atoms with Crippen molar-refractivity contribution in [2.45, 2.75) is 76.5 Å². The monoisotopic (exact) mass is 597 g/mol. The molecule has 0 spiro atoms. The number of fused-ring (bicyclic) bond motifs is 2. The van der Waals surface area contributed by atoms with Crippen LogP contribution in [0.15, 0.2) is 54.7 Å². The van der Waals surface area contributed by atoms with Crippen molar-refractivity contribution < 1.29 is 19.4 Å². The number of hydrogen-bond donors (Lipinski definition) is 3. The van der Waals surface area contributed by atoms with Gasteiger partial charge in [-0.15, -0.1) is 10.2 Å². The maximum absolute atomic E-state index is 13.2. The van der Waals surface area contributed by atoms with Crippen LogP contribution in [0, 0.1) is 0 Å². The quantitative estimate of drug-likeness (QED) is 0.253. The molecule has 3 N–H and O–H groups in total. The molecule has 11 heteroatoms. The Kier molecular flexibility index (Phi) is 7.53. The van der Waals surface area contributed by atoms with Crippen LogP contribution >= 0.6 is 0 Å². The van der Waals surface area contributed by atoms with Gasteiger partial charge in [-0.25, -0.2) is 14.6 Å². The van der Waals surface area contributed by atoms with Crippen LogP contribution in [0.4, 0.5) is 10.5 Å². The third kappa shape index (κ3) is 5.59. The van der Waals surface area contributed by atoms with Gasteiger partial charge in [0.25, 0.3) is 0 Å². The minimum atomic E-state index is -1.15. The normalized spacial score (nSPS) is 22.0. The number of anilines is 1. The van der Waals surface area contributed by atoms with Gasteiger partial charge in [0, 0.05) is 16.8 Å². The molecule has 1 saturated heterocycles. The number of pyridine rings is 2. The van der Waals surface area contributed by atoms with Gasteiger partial charge < -0.3 is 20.5 Å². The number of nitrogens with one attached hydrogen (secondary N) is 2. The molecule has 0 radical (unpaired) electrons. The number of nitrogens with zero attached hydrogens (tertiary/aromatic N) is 5. The van der Waals surface area contributed by atoms with Crippen molar-refractivity contribution in [3.05, 3.63) is 83.1 Å². The summed E-state index contributed by atoms with van der Waals surface area (Å²) < 4.78 is 8.63. The smallest absolute Gasteiger partial charge is 0.354 e. The Balaban J connectivity index is 1.20. The van der Waals surface area contributed by atoms with Crippen molar-refractivity contribution >= 4 is 23.3 Å². The highest BCUT2D eigenvalue weighted by molar-refractivity contribution is 5.92. The van der Waals surface area contributed by atoms with Gasteiger partial charge in [0.2, 0.25) is 0 Å². The molecule has 0 saturated carbocycles. The summed E-state index contributed by atoms with van der Waals surface area (Å²) in [5.41, 5.74) is 3.06. The van der Waals surface area contributed by atoms with Gasteiger partial charge in [-0.05, 0) is 81.6 Å². The van der Waals surface area contributed by atoms with Crippen molar-refractivity contribution in [2.24, 2.45) is 0 Å². The number of carboxylic acids is 1. The number of urea groups is 1. The summed E-state index contributed by atoms with van der Waals surface area (Å²) in [4.78, 5) is 31.4. The van der Waals surface area contributed by atoms with Crippen molar-refractivity contribution in [2.75, 3.05) is 18.9 Å². The first-order valence-electron chi connectivity index (χ1n) is 15.1. The van der Waals surface area contributed by atoms with E-state index in [2.05, 4.69) is 44.7 Å². The van der Waals surface area contributed by atoms with E-state index in [-0.39, 0.29) is 28.8 Å². The molecule has 44 heavy (non-hydrogen) atoms. The lowest BCUT2D eigenvalue weighted by molar-refractivity contribution is 0.0690. The van der Waals surface area contributed by atoms with E-state index >= 15 is 0 Å². The van der Waals surface area contributed by atoms with Crippen LogP contribution in [-0.4, -0.2) is 55.2 Å². The van der Waals surface area contributed by atoms with Crippen LogP contribution in [0.5, 0.6) is 5.75 Å². The summed E-state index contributed by atoms with van der Waals surface area (Å²) >= 11 is 0. The molecular formula is C33H39N7O4. The van der Waals surface area contributed by atoms with Crippen molar-refractivity contribution in [3.8, 4) is 5.75 Å². The van der Waals surface area contributed by atoms with Gasteiger partial charge in [-0.1, -0.05) is 45.0 Å². The number of aromatic nitrogens is 4. The fourth-order valence-electron chi connectivity index (χ4n) is 6.30. The number of ether oxygens (including phenoxy) is 1. The van der Waals surface area contributed by atoms with Gasteiger partial charge in [0.15, 0.2) is 17.2 Å². The van der Waals surface area contributed by atoms with Gasteiger partial charge >= 0.3 is 12.0 Å². The minimum Gasteiger partial charge on any atom is -0.484 e. The van der Waals surface area contributed by atoms with Crippen molar-refractivity contribution in [1.29, 1.82) is 0 Å². The van der Waals surface area contributed by atoms with E-state index in [9.17, 15) is 14.7 Å². The summed E-state index contributed by atoms with van der Waals surface area (Å²) in [7, 11) is 2.13. The number of amides is 2. The Morgan fingerprint density at radius 3 is 2.55 bits per heavy atom. The maximum atomic E-state index is 13.2. The van der Waals surface area contributed by atoms with E-state index in [0.717, 1.165) is 47.7 Å². The van der Waals surface area contributed by atoms with Gasteiger partial charge in [0.05, 0.1) is 17.8 Å². The first kappa shape index (κ1) is 29.6. The molecule has 4 aromatic rings. The van der Waals surface area contributed by atoms with Gasteiger partial charge in [-0.2, -0.15) is 0 Å². The number of carboxylic acid groups (broad SMARTS) is 1. The fourth-order valence-corrected chi connectivity index (χ4v) is 6.30. The number of carbonyl (C=O) groups is 2. The zero-order chi connectivity index (χ0) is 31.2. The second-order valence-electron chi connectivity index (χ2n) is 13.1. The van der Waals surface area contributed by atoms with E-state index in [4.69, 9.17) is 4.74 Å². The minimum absolute atomic E-state index is 0.114. The van der Waals surface area contributed by atoms with Gasteiger partial charge in [-0.3, -0.25) is 9.30 Å². The molecule has 2 aliphatic rings. The molecule has 3 aromatic heterocycles. The Bertz CT molecular complexity index is 1730. The highest BCUT2D eigenvalue weighted by Crippen LogP contribution is 2.40. The molecule has 1 aliphatic carbocycles. The molecule has 11 nitrogen and oxygen atoms in total. The van der Waals surface area contributed by atoms with E-state index in [1.807, 2.05) is 67.8 Å². The largest absolute Gasteiger partial charge is 0.484 e. The Hall–Kier alpha value is -4.51. The summed E-state index contributed by atoms with van der Waals surface area (Å²) in [6.45, 7) is 9.08. The standard InChI is InChI=1S/C33H39N7O4/c1-32(2,3)27-18-20(17-25(35-27)29(41)42)34-31(43)36-24-12-13-26(23-10-7-6-9-22(23)24)44-21-11-14-28-37-38-30(40(28)19-21)33(4)15-8-16-39(33)5/h6-7,9-11,14,17-19,24,26H,8,12-13,15-16H2,1-5H3,(H,41,42)(H2,34,35,36,43)/t24-,26+,33-/m0/s1. The summed E-state index contributed by atoms with van der Waals surface area (Å²) in [6, 6.07) is 14.3. The first-order chi connectivity index (χ1) is 20.9. The number of aromatic carboxylic acids is 1. The summed E-state index contributed by atoms with van der Waals surface area (Å²) in [5, 5.41) is 24.4. The van der Waals surface area contributed by atoms with Crippen LogP contribution < -0.4 is 15.4 Å². The number of benzene rings is 1. The fraction of sp³-hybridized carbons (Fsp3) is 0.424. The van der Waals surface area contributed by atoms with Crippen LogP contribution in [-0.2, 0) is 11.0 Å². The van der Waals surface area contributed by atoms with E-state index in [1.165, 1.54) is 6.07 Å². The molecule has 6 rings (SSSR count). The number of carbonyl (C=O) groups excluding carboxylic acids is 1. The Morgan fingerprint density at radius 2 is 1.84 bits per heavy atom. The Morgan fingerprint density at radius 1 is 1.07 bits per heavy atom. The highest BCUT2D eigenvalue weighted by atomic mass is 16.5. The third-order valence-corrected chi connectivity index (χ3v) is 8.95. The number of hydrogen-bond acceptors (Lipinski definition) is 7. The molecule has 2 amide bonds. The molecule has 4 heterocycles. The second-order valence-corrected chi connectivity index (χ2v) is 13.1. The SMILES string of the molecule is CN1CCC[C@@]1(C)c1nnc2ccc(O[C@@H]3CC[C@H](NC(=O)Nc4cc(C(=O)O)nc(C(C)(C)C)c4)c4ccccc43)cn12. The number of likely N-dealkylation sites (tertiary alicyclic amines) is 1. The lowest BCUT2D eigenvalue weighted by Crippen LogP contribution is -2.37. The van der Waals surface area contributed by atoms with Crippen LogP contribution in [0.25, 0.3) is 5.65 Å². The predicted octanol–water partition coefficient (Wildman–Crippen LogP) is 5.84. The molecule has 230 valence electrons. The van der Waals surface area contributed by atoms with E-state index < -0.39 is 12.0 Å². The molecular weight excluding hydrogens is 558 g/mol. The third-order valence-electron chi connectivity index (χ3n) is 8.95. The topological polar surface area (TPSA) is 134 Å².